The SMILES string of the molecule is Cc1cc(Br)cnc1C(=O)Nc1cccc(C2(C(F)F)COCC(N)=N2)c1.Cl. The number of nitrogens with one attached hydrogen (secondary N) is 1. The number of hydrogen-bond acceptors (Lipinski definition) is 5. The van der Waals surface area contributed by atoms with Crippen LogP contribution in [0.25, 0.3) is 0 Å². The normalized spacial score (nSPS) is 19.0. The molecule has 6 nitrogen and oxygen atoms in total. The fourth-order valence-electron chi connectivity index (χ4n) is 2.85. The number of aliphatic imine (C=N–C) groups is 1. The zero-order valence-electron chi connectivity index (χ0n) is 14.8. The molecule has 1 aromatic carbocycles. The van der Waals surface area contributed by atoms with Gasteiger partial charge in [0, 0.05) is 16.4 Å². The molecule has 3 N–H and O–H groups in total. The highest BCUT2D eigenvalue weighted by Gasteiger charge is 2.44. The Labute approximate surface area is 175 Å². The molecule has 10 heteroatoms. The molecule has 0 bridgehead atoms. The summed E-state index contributed by atoms with van der Waals surface area (Å²) in [6, 6.07) is 7.89. The monoisotopic (exact) mass is 474 g/mol. The summed E-state index contributed by atoms with van der Waals surface area (Å²) in [5.74, 6) is -0.433. The molecule has 1 atom stereocenters. The van der Waals surface area contributed by atoms with Crippen molar-refractivity contribution >= 4 is 45.8 Å². The third-order valence-electron chi connectivity index (χ3n) is 4.16. The van der Waals surface area contributed by atoms with Crippen molar-refractivity contribution < 1.29 is 18.3 Å². The van der Waals surface area contributed by atoms with Crippen molar-refractivity contribution in [3.05, 3.63) is 57.8 Å². The topological polar surface area (TPSA) is 89.6 Å². The number of carbonyl (C=O) groups excluding carboxylic acids is 1. The van der Waals surface area contributed by atoms with Gasteiger partial charge in [-0.05, 0) is 52.2 Å². The van der Waals surface area contributed by atoms with Crippen molar-refractivity contribution in [3.63, 3.8) is 0 Å². The van der Waals surface area contributed by atoms with Crippen molar-refractivity contribution in [1.29, 1.82) is 0 Å². The second-order valence-electron chi connectivity index (χ2n) is 6.17. The zero-order valence-corrected chi connectivity index (χ0v) is 17.2. The van der Waals surface area contributed by atoms with Crippen molar-refractivity contribution in [2.75, 3.05) is 18.5 Å². The molecular formula is C18H18BrClF2N4O2. The van der Waals surface area contributed by atoms with Crippen LogP contribution in [-0.4, -0.2) is 36.4 Å². The van der Waals surface area contributed by atoms with Crippen LogP contribution >= 0.6 is 28.3 Å². The van der Waals surface area contributed by atoms with Crippen LogP contribution < -0.4 is 11.1 Å². The van der Waals surface area contributed by atoms with Gasteiger partial charge in [-0.25, -0.2) is 13.8 Å². The number of carbonyl (C=O) groups is 1. The minimum absolute atomic E-state index is 0. The lowest BCUT2D eigenvalue weighted by atomic mass is 9.90. The van der Waals surface area contributed by atoms with Crippen molar-refractivity contribution in [2.24, 2.45) is 10.7 Å². The molecule has 0 radical (unpaired) electrons. The number of benzene rings is 1. The van der Waals surface area contributed by atoms with E-state index in [1.165, 1.54) is 18.3 Å². The van der Waals surface area contributed by atoms with Gasteiger partial charge in [-0.15, -0.1) is 12.4 Å². The molecule has 28 heavy (non-hydrogen) atoms. The summed E-state index contributed by atoms with van der Waals surface area (Å²) in [6.45, 7) is 1.47. The van der Waals surface area contributed by atoms with Crippen LogP contribution in [0.1, 0.15) is 21.6 Å². The van der Waals surface area contributed by atoms with Crippen molar-refractivity contribution in [1.82, 2.24) is 4.98 Å². The summed E-state index contributed by atoms with van der Waals surface area (Å²) in [7, 11) is 0. The molecule has 1 amide bonds. The van der Waals surface area contributed by atoms with Gasteiger partial charge in [0.15, 0.2) is 5.54 Å². The summed E-state index contributed by atoms with van der Waals surface area (Å²) < 4.78 is 33.6. The second kappa shape index (κ2) is 8.93. The first-order chi connectivity index (χ1) is 12.8. The number of pyridine rings is 1. The Morgan fingerprint density at radius 2 is 2.14 bits per heavy atom. The van der Waals surface area contributed by atoms with Gasteiger partial charge in [-0.2, -0.15) is 0 Å². The second-order valence-corrected chi connectivity index (χ2v) is 7.09. The highest BCUT2D eigenvalue weighted by Crippen LogP contribution is 2.36. The maximum absolute atomic E-state index is 13.8. The number of rotatable bonds is 4. The van der Waals surface area contributed by atoms with Gasteiger partial charge < -0.3 is 15.8 Å². The van der Waals surface area contributed by atoms with Gasteiger partial charge in [-0.3, -0.25) is 9.79 Å². The smallest absolute Gasteiger partial charge is 0.274 e. The molecule has 3 rings (SSSR count). The Morgan fingerprint density at radius 1 is 1.39 bits per heavy atom. The first-order valence-electron chi connectivity index (χ1n) is 8.06. The van der Waals surface area contributed by atoms with E-state index in [2.05, 4.69) is 31.2 Å². The van der Waals surface area contributed by atoms with Crippen molar-refractivity contribution in [2.45, 2.75) is 18.9 Å². The third kappa shape index (κ3) is 4.48. The summed E-state index contributed by atoms with van der Waals surface area (Å²) in [4.78, 5) is 20.6. The number of nitrogens with zero attached hydrogens (tertiary/aromatic N) is 2. The molecule has 0 aliphatic carbocycles. The zero-order chi connectivity index (χ0) is 19.6. The highest BCUT2D eigenvalue weighted by atomic mass is 79.9. The number of aryl methyl sites for hydroxylation is 1. The molecule has 1 aromatic heterocycles. The molecule has 2 heterocycles. The lowest BCUT2D eigenvalue weighted by molar-refractivity contribution is -0.0129. The third-order valence-corrected chi connectivity index (χ3v) is 4.59. The van der Waals surface area contributed by atoms with E-state index in [0.29, 0.717) is 11.3 Å². The van der Waals surface area contributed by atoms with Crippen molar-refractivity contribution in [3.8, 4) is 0 Å². The minimum Gasteiger partial charge on any atom is -0.385 e. The molecule has 0 spiro atoms. The van der Waals surface area contributed by atoms with Gasteiger partial charge in [0.2, 0.25) is 0 Å². The number of halogens is 4. The Bertz CT molecular complexity index is 913. The number of amidine groups is 1. The molecule has 0 saturated carbocycles. The van der Waals surface area contributed by atoms with Crippen LogP contribution in [0.4, 0.5) is 14.5 Å². The predicted molar refractivity (Wildman–Crippen MR) is 108 cm³/mol. The van der Waals surface area contributed by atoms with Gasteiger partial charge in [0.1, 0.15) is 18.1 Å². The van der Waals surface area contributed by atoms with Gasteiger partial charge in [-0.1, -0.05) is 12.1 Å². The molecule has 0 saturated heterocycles. The van der Waals surface area contributed by atoms with E-state index in [9.17, 15) is 13.6 Å². The van der Waals surface area contributed by atoms with Gasteiger partial charge in [0.05, 0.1) is 6.61 Å². The number of amides is 1. The van der Waals surface area contributed by atoms with E-state index in [4.69, 9.17) is 10.5 Å². The summed E-state index contributed by atoms with van der Waals surface area (Å²) >= 11 is 3.29. The fraction of sp³-hybridized carbons (Fsp3) is 0.278. The van der Waals surface area contributed by atoms with Crippen LogP contribution in [0.5, 0.6) is 0 Å². The van der Waals surface area contributed by atoms with Gasteiger partial charge in [0.25, 0.3) is 12.3 Å². The fourth-order valence-corrected chi connectivity index (χ4v) is 3.30. The summed E-state index contributed by atoms with van der Waals surface area (Å²) in [6.07, 6.45) is -1.31. The molecule has 2 aromatic rings. The molecule has 0 fully saturated rings. The van der Waals surface area contributed by atoms with E-state index in [-0.39, 0.29) is 42.7 Å². The van der Waals surface area contributed by atoms with Crippen LogP contribution in [0.15, 0.2) is 46.0 Å². The van der Waals surface area contributed by atoms with Crippen LogP contribution in [0.3, 0.4) is 0 Å². The number of hydrogen-bond donors (Lipinski definition) is 2. The first-order valence-corrected chi connectivity index (χ1v) is 8.85. The average Bonchev–Trinajstić information content (AvgIpc) is 2.61. The lowest BCUT2D eigenvalue weighted by Crippen LogP contribution is -2.44. The minimum atomic E-state index is -2.82. The van der Waals surface area contributed by atoms with Gasteiger partial charge >= 0.3 is 0 Å². The quantitative estimate of drug-likeness (QED) is 0.706. The summed E-state index contributed by atoms with van der Waals surface area (Å²) in [5.41, 5.74) is 5.21. The van der Waals surface area contributed by atoms with E-state index in [1.54, 1.807) is 25.1 Å². The van der Waals surface area contributed by atoms with E-state index in [0.717, 1.165) is 4.47 Å². The van der Waals surface area contributed by atoms with Crippen LogP contribution in [-0.2, 0) is 10.3 Å². The Balaban J connectivity index is 0.00000280. The average molecular weight is 476 g/mol. The molecule has 1 unspecified atom stereocenters. The maximum Gasteiger partial charge on any atom is 0.274 e. The number of nitrogens with two attached hydrogens (primary N) is 1. The Kier molecular flexibility index (Phi) is 7.08. The Hall–Kier alpha value is -2.10. The predicted octanol–water partition coefficient (Wildman–Crippen LogP) is 3.67. The standard InChI is InChI=1S/C18H17BrF2N4O2.ClH/c1-10-5-12(19)7-23-15(10)16(26)24-13-4-2-3-11(6-13)18(17(20)21)9-27-8-14(22)25-18;/h2-7,17H,8-9H2,1H3,(H2,22,25)(H,24,26);1H. The highest BCUT2D eigenvalue weighted by molar-refractivity contribution is 9.10. The van der Waals surface area contributed by atoms with E-state index < -0.39 is 17.9 Å². The first kappa shape index (κ1) is 22.2. The number of ether oxygens (including phenoxy) is 1. The largest absolute Gasteiger partial charge is 0.385 e. The number of alkyl halides is 2. The number of anilines is 1. The Morgan fingerprint density at radius 3 is 2.79 bits per heavy atom. The lowest BCUT2D eigenvalue weighted by Gasteiger charge is -2.33. The molecule has 150 valence electrons. The van der Waals surface area contributed by atoms with Crippen LogP contribution in [0, 0.1) is 6.92 Å². The number of aromatic nitrogens is 1. The van der Waals surface area contributed by atoms with Crippen LogP contribution in [0.2, 0.25) is 0 Å². The van der Waals surface area contributed by atoms with E-state index >= 15 is 0 Å². The molecule has 1 aliphatic heterocycles. The molecule has 1 aliphatic rings. The maximum atomic E-state index is 13.8. The molecular weight excluding hydrogens is 458 g/mol. The summed E-state index contributed by atoms with van der Waals surface area (Å²) in [5, 5.41) is 2.68. The van der Waals surface area contributed by atoms with E-state index in [1.807, 2.05) is 0 Å².